The lowest BCUT2D eigenvalue weighted by Crippen LogP contribution is -2.25. The molecule has 20 heavy (non-hydrogen) atoms. The molecule has 1 unspecified atom stereocenters. The highest BCUT2D eigenvalue weighted by Crippen LogP contribution is 2.20. The first-order valence-corrected chi connectivity index (χ1v) is 7.25. The van der Waals surface area contributed by atoms with Gasteiger partial charge < -0.3 is 9.52 Å². The third-order valence-corrected chi connectivity index (χ3v) is 3.59. The van der Waals surface area contributed by atoms with Crippen molar-refractivity contribution in [3.05, 3.63) is 59.0 Å². The molecule has 0 spiro atoms. The smallest absolute Gasteiger partial charge is 0.117 e. The number of hydrogen-bond acceptors (Lipinski definition) is 3. The van der Waals surface area contributed by atoms with E-state index in [1.165, 1.54) is 0 Å². The van der Waals surface area contributed by atoms with Crippen LogP contribution in [-0.2, 0) is 6.54 Å². The van der Waals surface area contributed by atoms with E-state index in [9.17, 15) is 5.11 Å². The zero-order chi connectivity index (χ0) is 14.4. The Kier molecular flexibility index (Phi) is 5.65. The maximum absolute atomic E-state index is 10.2. The van der Waals surface area contributed by atoms with Crippen molar-refractivity contribution in [2.75, 3.05) is 13.1 Å². The minimum atomic E-state index is -0.487. The van der Waals surface area contributed by atoms with Gasteiger partial charge in [-0.15, -0.1) is 0 Å². The van der Waals surface area contributed by atoms with E-state index < -0.39 is 6.10 Å². The van der Waals surface area contributed by atoms with Gasteiger partial charge in [-0.3, -0.25) is 4.90 Å². The second-order valence-electron chi connectivity index (χ2n) is 4.81. The fraction of sp³-hybridized carbons (Fsp3) is 0.375. The van der Waals surface area contributed by atoms with Crippen LogP contribution in [0.25, 0.3) is 0 Å². The molecular formula is C16H20ClNO2. The maximum atomic E-state index is 10.2. The van der Waals surface area contributed by atoms with Gasteiger partial charge in [-0.25, -0.2) is 0 Å². The summed E-state index contributed by atoms with van der Waals surface area (Å²) in [6.07, 6.45) is 1.87. The first-order valence-electron chi connectivity index (χ1n) is 6.87. The molecule has 0 aliphatic carbocycles. The van der Waals surface area contributed by atoms with Crippen molar-refractivity contribution < 1.29 is 9.52 Å². The molecule has 3 nitrogen and oxygen atoms in total. The van der Waals surface area contributed by atoms with Crippen LogP contribution >= 0.6 is 11.6 Å². The minimum absolute atomic E-state index is 0.487. The number of nitrogens with zero attached hydrogens (tertiary/aromatic N) is 1. The number of rotatable bonds is 7. The summed E-state index contributed by atoms with van der Waals surface area (Å²) < 4.78 is 5.35. The van der Waals surface area contributed by atoms with Crippen LogP contribution in [0.1, 0.15) is 30.8 Å². The molecule has 0 aliphatic rings. The van der Waals surface area contributed by atoms with Crippen molar-refractivity contribution in [2.24, 2.45) is 0 Å². The van der Waals surface area contributed by atoms with Crippen LogP contribution in [0.5, 0.6) is 0 Å². The molecule has 0 bridgehead atoms. The molecule has 2 aromatic rings. The minimum Gasteiger partial charge on any atom is -0.468 e. The van der Waals surface area contributed by atoms with Gasteiger partial charge in [-0.05, 0) is 42.8 Å². The highest BCUT2D eigenvalue weighted by atomic mass is 35.5. The van der Waals surface area contributed by atoms with Gasteiger partial charge in [0.2, 0.25) is 0 Å². The molecule has 1 atom stereocenters. The van der Waals surface area contributed by atoms with E-state index in [1.54, 1.807) is 6.26 Å². The lowest BCUT2D eigenvalue weighted by atomic mass is 10.1. The summed E-state index contributed by atoms with van der Waals surface area (Å²) in [6.45, 7) is 4.61. The number of aliphatic hydroxyl groups is 1. The molecular weight excluding hydrogens is 274 g/mol. The Bertz CT molecular complexity index is 513. The molecule has 1 N–H and O–H groups in total. The van der Waals surface area contributed by atoms with Crippen LogP contribution in [-0.4, -0.2) is 23.1 Å². The van der Waals surface area contributed by atoms with Gasteiger partial charge >= 0.3 is 0 Å². The summed E-state index contributed by atoms with van der Waals surface area (Å²) in [6, 6.07) is 11.3. The molecule has 108 valence electrons. The summed E-state index contributed by atoms with van der Waals surface area (Å²) in [5, 5.41) is 10.9. The van der Waals surface area contributed by atoms with Crippen molar-refractivity contribution in [3.8, 4) is 0 Å². The molecule has 0 saturated carbocycles. The lowest BCUT2D eigenvalue weighted by molar-refractivity contribution is 0.138. The summed E-state index contributed by atoms with van der Waals surface area (Å²) in [5.41, 5.74) is 0.867. The Labute approximate surface area is 124 Å². The fourth-order valence-corrected chi connectivity index (χ4v) is 2.36. The number of aliphatic hydroxyl groups excluding tert-OH is 1. The molecule has 1 aromatic carbocycles. The van der Waals surface area contributed by atoms with Crippen LogP contribution in [0.2, 0.25) is 5.02 Å². The molecule has 0 aliphatic heterocycles. The first-order chi connectivity index (χ1) is 9.69. The predicted octanol–water partition coefficient (Wildman–Crippen LogP) is 3.88. The van der Waals surface area contributed by atoms with Crippen LogP contribution in [0, 0.1) is 0 Å². The van der Waals surface area contributed by atoms with Crippen molar-refractivity contribution in [1.82, 2.24) is 4.90 Å². The monoisotopic (exact) mass is 293 g/mol. The molecule has 2 rings (SSSR count). The van der Waals surface area contributed by atoms with Crippen LogP contribution in [0.4, 0.5) is 0 Å². The normalized spacial score (nSPS) is 12.8. The zero-order valence-electron chi connectivity index (χ0n) is 11.6. The number of halogens is 1. The molecule has 0 radical (unpaired) electrons. The lowest BCUT2D eigenvalue weighted by Gasteiger charge is -2.21. The van der Waals surface area contributed by atoms with Crippen molar-refractivity contribution in [3.63, 3.8) is 0 Å². The number of hydrogen-bond donors (Lipinski definition) is 1. The highest BCUT2D eigenvalue weighted by molar-refractivity contribution is 6.30. The third kappa shape index (κ3) is 4.37. The van der Waals surface area contributed by atoms with E-state index in [1.807, 2.05) is 36.4 Å². The van der Waals surface area contributed by atoms with Gasteiger partial charge in [0, 0.05) is 11.6 Å². The van der Waals surface area contributed by atoms with Crippen molar-refractivity contribution in [2.45, 2.75) is 26.0 Å². The Hall–Kier alpha value is -1.29. The fourth-order valence-electron chi connectivity index (χ4n) is 2.16. The number of furan rings is 1. The van der Waals surface area contributed by atoms with Crippen LogP contribution in [0.3, 0.4) is 0 Å². The second kappa shape index (κ2) is 7.48. The maximum Gasteiger partial charge on any atom is 0.117 e. The topological polar surface area (TPSA) is 36.6 Å². The molecule has 0 fully saturated rings. The van der Waals surface area contributed by atoms with Gasteiger partial charge in [0.15, 0.2) is 0 Å². The predicted molar refractivity (Wildman–Crippen MR) is 80.7 cm³/mol. The van der Waals surface area contributed by atoms with Gasteiger partial charge in [-0.1, -0.05) is 30.7 Å². The molecule has 4 heteroatoms. The zero-order valence-corrected chi connectivity index (χ0v) is 12.4. The molecule has 1 heterocycles. The van der Waals surface area contributed by atoms with Gasteiger partial charge in [0.1, 0.15) is 5.76 Å². The quantitative estimate of drug-likeness (QED) is 0.842. The SMILES string of the molecule is CCN(CCC(O)c1cccc(Cl)c1)Cc1ccco1. The van der Waals surface area contributed by atoms with Crippen LogP contribution in [0.15, 0.2) is 47.1 Å². The summed E-state index contributed by atoms with van der Waals surface area (Å²) in [5.74, 6) is 0.948. The average Bonchev–Trinajstić information content (AvgIpc) is 2.96. The van der Waals surface area contributed by atoms with Gasteiger partial charge in [0.05, 0.1) is 18.9 Å². The Morgan fingerprint density at radius 1 is 1.30 bits per heavy atom. The third-order valence-electron chi connectivity index (χ3n) is 3.36. The first kappa shape index (κ1) is 15.1. The van der Waals surface area contributed by atoms with Gasteiger partial charge in [-0.2, -0.15) is 0 Å². The second-order valence-corrected chi connectivity index (χ2v) is 5.24. The van der Waals surface area contributed by atoms with E-state index in [2.05, 4.69) is 11.8 Å². The summed E-state index contributed by atoms with van der Waals surface area (Å²) >= 11 is 5.94. The Morgan fingerprint density at radius 3 is 2.80 bits per heavy atom. The summed E-state index contributed by atoms with van der Waals surface area (Å²) in [7, 11) is 0. The Morgan fingerprint density at radius 2 is 2.15 bits per heavy atom. The Balaban J connectivity index is 1.86. The largest absolute Gasteiger partial charge is 0.468 e. The molecule has 0 amide bonds. The van der Waals surface area contributed by atoms with E-state index >= 15 is 0 Å². The molecule has 0 saturated heterocycles. The van der Waals surface area contributed by atoms with Crippen LogP contribution < -0.4 is 0 Å². The van der Waals surface area contributed by atoms with E-state index in [0.29, 0.717) is 11.4 Å². The standard InChI is InChI=1S/C16H20ClNO2/c1-2-18(12-15-7-4-10-20-15)9-8-16(19)13-5-3-6-14(17)11-13/h3-7,10-11,16,19H,2,8-9,12H2,1H3. The van der Waals surface area contributed by atoms with E-state index in [4.69, 9.17) is 16.0 Å². The van der Waals surface area contributed by atoms with Crippen molar-refractivity contribution >= 4 is 11.6 Å². The summed E-state index contributed by atoms with van der Waals surface area (Å²) in [4.78, 5) is 2.24. The number of benzene rings is 1. The average molecular weight is 294 g/mol. The molecule has 1 aromatic heterocycles. The van der Waals surface area contributed by atoms with Crippen molar-refractivity contribution in [1.29, 1.82) is 0 Å². The van der Waals surface area contributed by atoms with E-state index in [-0.39, 0.29) is 0 Å². The van der Waals surface area contributed by atoms with E-state index in [0.717, 1.165) is 31.0 Å². The highest BCUT2D eigenvalue weighted by Gasteiger charge is 2.11. The van der Waals surface area contributed by atoms with Gasteiger partial charge in [0.25, 0.3) is 0 Å².